The fraction of sp³-hybridized carbons (Fsp3) is 0.750. The highest BCUT2D eigenvalue weighted by molar-refractivity contribution is 4.98. The summed E-state index contributed by atoms with van der Waals surface area (Å²) < 4.78 is 0. The summed E-state index contributed by atoms with van der Waals surface area (Å²) in [6.45, 7) is 3.55. The Morgan fingerprint density at radius 3 is 2.30 bits per heavy atom. The van der Waals surface area contributed by atoms with Crippen molar-refractivity contribution < 1.29 is 10.2 Å². The number of hydrogen-bond acceptors (Lipinski definition) is 2. The van der Waals surface area contributed by atoms with Gasteiger partial charge in [-0.25, -0.2) is 0 Å². The van der Waals surface area contributed by atoms with Gasteiger partial charge in [0.2, 0.25) is 0 Å². The van der Waals surface area contributed by atoms with Crippen LogP contribution in [0.5, 0.6) is 0 Å². The summed E-state index contributed by atoms with van der Waals surface area (Å²) in [7, 11) is 0. The normalized spacial score (nSPS) is 41.2. The molecule has 0 aromatic rings. The van der Waals surface area contributed by atoms with Crippen LogP contribution in [0.3, 0.4) is 0 Å². The lowest BCUT2D eigenvalue weighted by Gasteiger charge is -2.31. The molecule has 0 heterocycles. The van der Waals surface area contributed by atoms with Crippen molar-refractivity contribution >= 4 is 0 Å². The highest BCUT2D eigenvalue weighted by Crippen LogP contribution is 2.28. The van der Waals surface area contributed by atoms with Gasteiger partial charge < -0.3 is 10.2 Å². The molecule has 1 saturated carbocycles. The van der Waals surface area contributed by atoms with Crippen LogP contribution in [0.2, 0.25) is 0 Å². The van der Waals surface area contributed by atoms with E-state index in [9.17, 15) is 5.11 Å². The number of hydrogen-bond donors (Lipinski definition) is 2. The van der Waals surface area contributed by atoms with Crippen LogP contribution in [0.15, 0.2) is 12.7 Å². The third-order valence-electron chi connectivity index (χ3n) is 2.20. The summed E-state index contributed by atoms with van der Waals surface area (Å²) in [5, 5.41) is 18.7. The van der Waals surface area contributed by atoms with Gasteiger partial charge in [-0.3, -0.25) is 0 Å². The fourth-order valence-corrected chi connectivity index (χ4v) is 1.31. The minimum absolute atomic E-state index is 0.208. The largest absolute Gasteiger partial charge is 0.393 e. The Morgan fingerprint density at radius 1 is 1.40 bits per heavy atom. The molecule has 0 aromatic carbocycles. The van der Waals surface area contributed by atoms with Gasteiger partial charge in [0.25, 0.3) is 0 Å². The summed E-state index contributed by atoms with van der Waals surface area (Å²) in [5.41, 5.74) is -0.695. The Labute approximate surface area is 61.2 Å². The van der Waals surface area contributed by atoms with E-state index in [1.54, 1.807) is 6.08 Å². The number of rotatable bonds is 1. The smallest absolute Gasteiger partial charge is 0.0827 e. The molecule has 2 nitrogen and oxygen atoms in total. The first-order chi connectivity index (χ1) is 4.66. The van der Waals surface area contributed by atoms with Crippen molar-refractivity contribution in [2.24, 2.45) is 0 Å². The average molecular weight is 142 g/mol. The fourth-order valence-electron chi connectivity index (χ4n) is 1.31. The highest BCUT2D eigenvalue weighted by Gasteiger charge is 2.28. The first kappa shape index (κ1) is 7.76. The van der Waals surface area contributed by atoms with E-state index in [0.717, 1.165) is 0 Å². The van der Waals surface area contributed by atoms with Crippen LogP contribution >= 0.6 is 0 Å². The van der Waals surface area contributed by atoms with Crippen molar-refractivity contribution in [3.05, 3.63) is 12.7 Å². The molecule has 1 aliphatic carbocycles. The summed E-state index contributed by atoms with van der Waals surface area (Å²) in [6, 6.07) is 0. The lowest BCUT2D eigenvalue weighted by atomic mass is 9.84. The maximum Gasteiger partial charge on any atom is 0.0827 e. The topological polar surface area (TPSA) is 40.5 Å². The second-order valence-electron chi connectivity index (χ2n) is 3.04. The van der Waals surface area contributed by atoms with E-state index >= 15 is 0 Å². The second kappa shape index (κ2) is 2.72. The molecule has 0 aliphatic heterocycles. The molecule has 1 aliphatic rings. The summed E-state index contributed by atoms with van der Waals surface area (Å²) in [5.74, 6) is 0. The number of aliphatic hydroxyl groups excluding tert-OH is 1. The first-order valence-electron chi connectivity index (χ1n) is 3.70. The first-order valence-corrected chi connectivity index (χ1v) is 3.70. The van der Waals surface area contributed by atoms with E-state index in [4.69, 9.17) is 5.11 Å². The van der Waals surface area contributed by atoms with Crippen molar-refractivity contribution in [2.45, 2.75) is 37.4 Å². The Hall–Kier alpha value is -0.340. The molecule has 0 bridgehead atoms. The Balaban J connectivity index is 2.46. The van der Waals surface area contributed by atoms with Crippen LogP contribution in [0, 0.1) is 0 Å². The van der Waals surface area contributed by atoms with Crippen molar-refractivity contribution in [2.75, 3.05) is 0 Å². The van der Waals surface area contributed by atoms with Gasteiger partial charge in [-0.2, -0.15) is 0 Å². The van der Waals surface area contributed by atoms with Gasteiger partial charge in [0.05, 0.1) is 11.7 Å². The van der Waals surface area contributed by atoms with Gasteiger partial charge >= 0.3 is 0 Å². The van der Waals surface area contributed by atoms with E-state index in [2.05, 4.69) is 6.58 Å². The Morgan fingerprint density at radius 2 is 1.90 bits per heavy atom. The minimum Gasteiger partial charge on any atom is -0.393 e. The van der Waals surface area contributed by atoms with Gasteiger partial charge in [-0.05, 0) is 25.7 Å². The molecule has 2 N–H and O–H groups in total. The van der Waals surface area contributed by atoms with E-state index in [0.29, 0.717) is 25.7 Å². The predicted molar refractivity (Wildman–Crippen MR) is 39.6 cm³/mol. The van der Waals surface area contributed by atoms with E-state index in [1.165, 1.54) is 0 Å². The zero-order valence-corrected chi connectivity index (χ0v) is 6.08. The van der Waals surface area contributed by atoms with E-state index in [1.807, 2.05) is 0 Å². The zero-order valence-electron chi connectivity index (χ0n) is 6.08. The molecule has 0 spiro atoms. The molecular formula is C8H14O2. The van der Waals surface area contributed by atoms with E-state index < -0.39 is 5.60 Å². The highest BCUT2D eigenvalue weighted by atomic mass is 16.3. The molecule has 1 fully saturated rings. The molecule has 0 aromatic heterocycles. The van der Waals surface area contributed by atoms with Gasteiger partial charge in [-0.15, -0.1) is 6.58 Å². The molecule has 10 heavy (non-hydrogen) atoms. The summed E-state index contributed by atoms with van der Waals surface area (Å²) >= 11 is 0. The third kappa shape index (κ3) is 1.58. The average Bonchev–Trinajstić information content (AvgIpc) is 1.96. The van der Waals surface area contributed by atoms with Crippen molar-refractivity contribution in [3.8, 4) is 0 Å². The lowest BCUT2D eigenvalue weighted by molar-refractivity contribution is 0.00389. The zero-order chi connectivity index (χ0) is 7.61. The maximum atomic E-state index is 9.57. The second-order valence-corrected chi connectivity index (χ2v) is 3.04. The van der Waals surface area contributed by atoms with Gasteiger partial charge in [-0.1, -0.05) is 6.08 Å². The van der Waals surface area contributed by atoms with Crippen LogP contribution in [0.4, 0.5) is 0 Å². The Kier molecular flexibility index (Phi) is 2.11. The maximum absolute atomic E-state index is 9.57. The van der Waals surface area contributed by atoms with Crippen LogP contribution < -0.4 is 0 Å². The van der Waals surface area contributed by atoms with Gasteiger partial charge in [0.1, 0.15) is 0 Å². The molecule has 0 radical (unpaired) electrons. The van der Waals surface area contributed by atoms with Crippen LogP contribution in [0.1, 0.15) is 25.7 Å². The van der Waals surface area contributed by atoms with Crippen molar-refractivity contribution in [1.29, 1.82) is 0 Å². The molecule has 2 heteroatoms. The lowest BCUT2D eigenvalue weighted by Crippen LogP contribution is -2.33. The summed E-state index contributed by atoms with van der Waals surface area (Å²) in [4.78, 5) is 0. The molecule has 0 amide bonds. The van der Waals surface area contributed by atoms with Crippen LogP contribution in [-0.4, -0.2) is 21.9 Å². The SMILES string of the molecule is C=CC1(O)CCC(O)CC1. The molecule has 0 atom stereocenters. The van der Waals surface area contributed by atoms with Crippen molar-refractivity contribution in [3.63, 3.8) is 0 Å². The van der Waals surface area contributed by atoms with Gasteiger partial charge in [0.15, 0.2) is 0 Å². The quantitative estimate of drug-likeness (QED) is 0.532. The van der Waals surface area contributed by atoms with Crippen LogP contribution in [0.25, 0.3) is 0 Å². The molecule has 58 valence electrons. The van der Waals surface area contributed by atoms with E-state index in [-0.39, 0.29) is 6.10 Å². The van der Waals surface area contributed by atoms with Crippen LogP contribution in [-0.2, 0) is 0 Å². The van der Waals surface area contributed by atoms with Gasteiger partial charge in [0, 0.05) is 0 Å². The predicted octanol–water partition coefficient (Wildman–Crippen LogP) is 0.838. The third-order valence-corrected chi connectivity index (χ3v) is 2.20. The Bertz CT molecular complexity index is 123. The number of aliphatic hydroxyl groups is 2. The van der Waals surface area contributed by atoms with Crippen molar-refractivity contribution in [1.82, 2.24) is 0 Å². The molecule has 1 rings (SSSR count). The summed E-state index contributed by atoms with van der Waals surface area (Å²) in [6.07, 6.45) is 4.07. The minimum atomic E-state index is -0.695. The molecule has 0 saturated heterocycles. The standard InChI is InChI=1S/C8H14O2/c1-2-8(10)5-3-7(9)4-6-8/h2,7,9-10H,1,3-6H2. The monoisotopic (exact) mass is 142 g/mol. The molecular weight excluding hydrogens is 128 g/mol. The molecule has 0 unspecified atom stereocenters.